The third-order valence-electron chi connectivity index (χ3n) is 2.49. The van der Waals surface area contributed by atoms with Gasteiger partial charge in [0, 0.05) is 28.3 Å². The van der Waals surface area contributed by atoms with Crippen molar-refractivity contribution in [3.05, 3.63) is 23.4 Å². The van der Waals surface area contributed by atoms with E-state index in [0.717, 1.165) is 16.9 Å². The maximum Gasteiger partial charge on any atom is 0.128 e. The first-order valence-electron chi connectivity index (χ1n) is 5.86. The summed E-state index contributed by atoms with van der Waals surface area (Å²) in [6, 6.07) is 2.37. The zero-order valence-electron chi connectivity index (χ0n) is 11.4. The second kappa shape index (κ2) is 5.74. The number of nitrogens with zero attached hydrogens (tertiary/aromatic N) is 1. The fourth-order valence-corrected chi connectivity index (χ4v) is 2.56. The van der Waals surface area contributed by atoms with Gasteiger partial charge < -0.3 is 11.1 Å². The molecule has 1 heterocycles. The topological polar surface area (TPSA) is 50.9 Å². The lowest BCUT2D eigenvalue weighted by atomic mass is 10.1. The second-order valence-corrected chi connectivity index (χ2v) is 7.10. The lowest BCUT2D eigenvalue weighted by Crippen LogP contribution is -2.23. The van der Waals surface area contributed by atoms with Crippen molar-refractivity contribution in [1.82, 2.24) is 10.3 Å². The normalized spacial score (nSPS) is 13.7. The van der Waals surface area contributed by atoms with Crippen LogP contribution in [0.15, 0.2) is 12.3 Å². The summed E-state index contributed by atoms with van der Waals surface area (Å²) in [5.74, 6) is 1.62. The highest BCUT2D eigenvalue weighted by Gasteiger charge is 2.18. The number of aromatic nitrogens is 1. The van der Waals surface area contributed by atoms with E-state index >= 15 is 0 Å². The smallest absolute Gasteiger partial charge is 0.128 e. The van der Waals surface area contributed by atoms with Gasteiger partial charge in [0.2, 0.25) is 0 Å². The Labute approximate surface area is 109 Å². The van der Waals surface area contributed by atoms with Gasteiger partial charge in [-0.05, 0) is 25.6 Å². The first-order valence-corrected chi connectivity index (χ1v) is 6.85. The molecule has 4 heteroatoms. The highest BCUT2D eigenvalue weighted by molar-refractivity contribution is 8.00. The van der Waals surface area contributed by atoms with Crippen LogP contribution in [-0.4, -0.2) is 22.5 Å². The van der Waals surface area contributed by atoms with Crippen molar-refractivity contribution in [3.63, 3.8) is 0 Å². The molecule has 96 valence electrons. The SMILES string of the molecule is CNC(CSC(C)(C)C)c1cc(C)cnc1N. The summed E-state index contributed by atoms with van der Waals surface area (Å²) >= 11 is 1.93. The number of anilines is 1. The molecule has 0 amide bonds. The molecule has 0 aliphatic heterocycles. The van der Waals surface area contributed by atoms with Crippen LogP contribution in [0, 0.1) is 6.92 Å². The summed E-state index contributed by atoms with van der Waals surface area (Å²) in [6.45, 7) is 8.71. The molecular formula is C13H23N3S. The van der Waals surface area contributed by atoms with Gasteiger partial charge in [-0.15, -0.1) is 0 Å². The lowest BCUT2D eigenvalue weighted by Gasteiger charge is -2.23. The summed E-state index contributed by atoms with van der Waals surface area (Å²) in [5.41, 5.74) is 8.19. The van der Waals surface area contributed by atoms with Crippen molar-refractivity contribution >= 4 is 17.6 Å². The van der Waals surface area contributed by atoms with E-state index in [1.54, 1.807) is 0 Å². The molecule has 1 atom stereocenters. The first-order chi connectivity index (χ1) is 7.83. The number of nitrogen functional groups attached to an aromatic ring is 1. The highest BCUT2D eigenvalue weighted by atomic mass is 32.2. The molecule has 3 N–H and O–H groups in total. The van der Waals surface area contributed by atoms with Gasteiger partial charge in [-0.25, -0.2) is 4.98 Å². The predicted octanol–water partition coefficient (Wildman–Crippen LogP) is 2.76. The van der Waals surface area contributed by atoms with Gasteiger partial charge >= 0.3 is 0 Å². The Bertz CT molecular complexity index is 371. The van der Waals surface area contributed by atoms with E-state index in [4.69, 9.17) is 5.73 Å². The number of rotatable bonds is 4. The number of hydrogen-bond acceptors (Lipinski definition) is 4. The molecule has 1 unspecified atom stereocenters. The molecule has 0 saturated heterocycles. The maximum atomic E-state index is 5.94. The van der Waals surface area contributed by atoms with E-state index < -0.39 is 0 Å². The monoisotopic (exact) mass is 253 g/mol. The quantitative estimate of drug-likeness (QED) is 0.866. The van der Waals surface area contributed by atoms with Gasteiger partial charge in [-0.1, -0.05) is 20.8 Å². The summed E-state index contributed by atoms with van der Waals surface area (Å²) in [5, 5.41) is 3.32. The average molecular weight is 253 g/mol. The van der Waals surface area contributed by atoms with Crippen LogP contribution in [0.4, 0.5) is 5.82 Å². The molecule has 0 spiro atoms. The maximum absolute atomic E-state index is 5.94. The molecule has 0 saturated carbocycles. The molecule has 0 aliphatic carbocycles. The van der Waals surface area contributed by atoms with Gasteiger partial charge in [-0.2, -0.15) is 11.8 Å². The number of hydrogen-bond donors (Lipinski definition) is 2. The molecule has 1 aromatic heterocycles. The van der Waals surface area contributed by atoms with Crippen LogP contribution < -0.4 is 11.1 Å². The van der Waals surface area contributed by atoms with E-state index in [0.29, 0.717) is 5.82 Å². The number of thioether (sulfide) groups is 1. The van der Waals surface area contributed by atoms with Crippen molar-refractivity contribution in [2.45, 2.75) is 38.5 Å². The molecule has 17 heavy (non-hydrogen) atoms. The fraction of sp³-hybridized carbons (Fsp3) is 0.615. The lowest BCUT2D eigenvalue weighted by molar-refractivity contribution is 0.655. The Morgan fingerprint density at radius 3 is 2.65 bits per heavy atom. The van der Waals surface area contributed by atoms with Crippen LogP contribution in [0.2, 0.25) is 0 Å². The molecule has 0 aromatic carbocycles. The van der Waals surface area contributed by atoms with Crippen molar-refractivity contribution in [3.8, 4) is 0 Å². The zero-order chi connectivity index (χ0) is 13.1. The molecule has 0 aliphatic rings. The molecular weight excluding hydrogens is 230 g/mol. The second-order valence-electron chi connectivity index (χ2n) is 5.25. The van der Waals surface area contributed by atoms with Crippen molar-refractivity contribution in [1.29, 1.82) is 0 Å². The summed E-state index contributed by atoms with van der Waals surface area (Å²) in [6.07, 6.45) is 1.81. The number of aryl methyl sites for hydroxylation is 1. The molecule has 0 fully saturated rings. The fourth-order valence-electron chi connectivity index (χ4n) is 1.54. The molecule has 0 radical (unpaired) electrons. The molecule has 1 rings (SSSR count). The highest BCUT2D eigenvalue weighted by Crippen LogP contribution is 2.29. The first kappa shape index (κ1) is 14.3. The third kappa shape index (κ3) is 4.56. The molecule has 1 aromatic rings. The van der Waals surface area contributed by atoms with Crippen LogP contribution in [0.25, 0.3) is 0 Å². The zero-order valence-corrected chi connectivity index (χ0v) is 12.2. The largest absolute Gasteiger partial charge is 0.383 e. The molecule has 0 bridgehead atoms. The average Bonchev–Trinajstić information content (AvgIpc) is 2.22. The minimum absolute atomic E-state index is 0.256. The minimum atomic E-state index is 0.256. The van der Waals surface area contributed by atoms with Crippen molar-refractivity contribution < 1.29 is 0 Å². The Morgan fingerprint density at radius 1 is 1.47 bits per heavy atom. The van der Waals surface area contributed by atoms with Crippen LogP contribution in [0.5, 0.6) is 0 Å². The van der Waals surface area contributed by atoms with Gasteiger partial charge in [-0.3, -0.25) is 0 Å². The Balaban J connectivity index is 2.82. The Kier molecular flexibility index (Phi) is 4.83. The van der Waals surface area contributed by atoms with E-state index in [9.17, 15) is 0 Å². The standard InChI is InChI=1S/C13H23N3S/c1-9-6-10(12(14)16-7-9)11(15-5)8-17-13(2,3)4/h6-7,11,15H,8H2,1-5H3,(H2,14,16). The van der Waals surface area contributed by atoms with Gasteiger partial charge in [0.05, 0.1) is 0 Å². The number of nitrogens with one attached hydrogen (secondary N) is 1. The Hall–Kier alpha value is -0.740. The van der Waals surface area contributed by atoms with Gasteiger partial charge in [0.25, 0.3) is 0 Å². The van der Waals surface area contributed by atoms with Crippen LogP contribution in [0.3, 0.4) is 0 Å². The van der Waals surface area contributed by atoms with Crippen LogP contribution in [0.1, 0.15) is 37.9 Å². The summed E-state index contributed by atoms with van der Waals surface area (Å²) in [4.78, 5) is 4.22. The summed E-state index contributed by atoms with van der Waals surface area (Å²) < 4.78 is 0.265. The van der Waals surface area contributed by atoms with E-state index in [1.807, 2.05) is 31.9 Å². The Morgan fingerprint density at radius 2 is 2.12 bits per heavy atom. The van der Waals surface area contributed by atoms with Gasteiger partial charge in [0.15, 0.2) is 0 Å². The van der Waals surface area contributed by atoms with E-state index in [1.165, 1.54) is 0 Å². The molecule has 3 nitrogen and oxygen atoms in total. The van der Waals surface area contributed by atoms with E-state index in [-0.39, 0.29) is 10.8 Å². The minimum Gasteiger partial charge on any atom is -0.383 e. The van der Waals surface area contributed by atoms with Crippen molar-refractivity contribution in [2.24, 2.45) is 0 Å². The van der Waals surface area contributed by atoms with Crippen LogP contribution in [-0.2, 0) is 0 Å². The van der Waals surface area contributed by atoms with Crippen molar-refractivity contribution in [2.75, 3.05) is 18.5 Å². The van der Waals surface area contributed by atoms with Gasteiger partial charge in [0.1, 0.15) is 5.82 Å². The number of pyridine rings is 1. The van der Waals surface area contributed by atoms with E-state index in [2.05, 4.69) is 37.1 Å². The van der Waals surface area contributed by atoms with Crippen LogP contribution >= 0.6 is 11.8 Å². The number of nitrogens with two attached hydrogens (primary N) is 1. The summed E-state index contributed by atoms with van der Waals surface area (Å²) in [7, 11) is 1.97. The third-order valence-corrected chi connectivity index (χ3v) is 3.86. The predicted molar refractivity (Wildman–Crippen MR) is 77.4 cm³/mol.